The fraction of sp³-hybridized carbons (Fsp3) is 0.700. The second kappa shape index (κ2) is 5.12. The summed E-state index contributed by atoms with van der Waals surface area (Å²) in [5, 5.41) is 4.14. The van der Waals surface area contributed by atoms with Gasteiger partial charge in [0, 0.05) is 19.3 Å². The molecule has 0 spiro atoms. The van der Waals surface area contributed by atoms with E-state index >= 15 is 0 Å². The predicted octanol–water partition coefficient (Wildman–Crippen LogP) is 0.841. The van der Waals surface area contributed by atoms with Gasteiger partial charge in [0.1, 0.15) is 0 Å². The van der Waals surface area contributed by atoms with Crippen LogP contribution in [0, 0.1) is 5.92 Å². The highest BCUT2D eigenvalue weighted by Crippen LogP contribution is 2.12. The molecule has 0 amide bonds. The Labute approximate surface area is 85.5 Å². The van der Waals surface area contributed by atoms with Crippen molar-refractivity contribution in [1.29, 1.82) is 0 Å². The molecule has 3 N–H and O–H groups in total. The van der Waals surface area contributed by atoms with Crippen LogP contribution in [0.3, 0.4) is 0 Å². The van der Waals surface area contributed by atoms with E-state index in [1.54, 1.807) is 0 Å². The van der Waals surface area contributed by atoms with Gasteiger partial charge in [-0.05, 0) is 17.9 Å². The maximum absolute atomic E-state index is 5.53. The first kappa shape index (κ1) is 11.2. The number of aromatic nitrogens is 2. The number of hydrazine groups is 1. The Morgan fingerprint density at radius 2 is 2.36 bits per heavy atom. The zero-order valence-electron chi connectivity index (χ0n) is 9.20. The van der Waals surface area contributed by atoms with Crippen molar-refractivity contribution in [2.24, 2.45) is 18.8 Å². The Morgan fingerprint density at radius 3 is 2.79 bits per heavy atom. The smallest absolute Gasteiger partial charge is 0.0522 e. The third kappa shape index (κ3) is 2.82. The molecular formula is C10H20N4. The Hall–Kier alpha value is -0.870. The summed E-state index contributed by atoms with van der Waals surface area (Å²) in [6.45, 7) is 4.39. The van der Waals surface area contributed by atoms with Crippen molar-refractivity contribution >= 4 is 0 Å². The van der Waals surface area contributed by atoms with E-state index in [-0.39, 0.29) is 0 Å². The average molecular weight is 196 g/mol. The first-order valence-corrected chi connectivity index (χ1v) is 5.11. The van der Waals surface area contributed by atoms with Crippen molar-refractivity contribution in [3.05, 3.63) is 18.0 Å². The first-order valence-electron chi connectivity index (χ1n) is 5.11. The van der Waals surface area contributed by atoms with Gasteiger partial charge in [-0.25, -0.2) is 0 Å². The van der Waals surface area contributed by atoms with E-state index in [1.807, 2.05) is 24.1 Å². The van der Waals surface area contributed by atoms with Gasteiger partial charge in [-0.2, -0.15) is 5.10 Å². The van der Waals surface area contributed by atoms with Crippen molar-refractivity contribution in [2.75, 3.05) is 0 Å². The fourth-order valence-electron chi connectivity index (χ4n) is 1.54. The minimum absolute atomic E-state index is 0.337. The summed E-state index contributed by atoms with van der Waals surface area (Å²) in [6, 6.07) is 0.337. The van der Waals surface area contributed by atoms with Gasteiger partial charge in [0.25, 0.3) is 0 Å². The number of nitrogens with zero attached hydrogens (tertiary/aromatic N) is 2. The Morgan fingerprint density at radius 1 is 1.64 bits per heavy atom. The molecule has 4 nitrogen and oxygen atoms in total. The normalized spacial score (nSPS) is 15.4. The highest BCUT2D eigenvalue weighted by atomic mass is 15.2. The molecule has 0 bridgehead atoms. The van der Waals surface area contributed by atoms with Crippen molar-refractivity contribution < 1.29 is 0 Å². The molecule has 0 radical (unpaired) electrons. The Kier molecular flexibility index (Phi) is 4.10. The van der Waals surface area contributed by atoms with Crippen molar-refractivity contribution in [3.8, 4) is 0 Å². The summed E-state index contributed by atoms with van der Waals surface area (Å²) < 4.78 is 1.82. The van der Waals surface area contributed by atoms with E-state index in [2.05, 4.69) is 24.4 Å². The van der Waals surface area contributed by atoms with Gasteiger partial charge in [-0.3, -0.25) is 16.0 Å². The van der Waals surface area contributed by atoms with E-state index in [9.17, 15) is 0 Å². The molecule has 1 aromatic rings. The molecule has 1 rings (SSSR count). The monoisotopic (exact) mass is 196 g/mol. The van der Waals surface area contributed by atoms with Gasteiger partial charge in [0.05, 0.1) is 6.20 Å². The van der Waals surface area contributed by atoms with Crippen molar-refractivity contribution in [3.63, 3.8) is 0 Å². The Balaban J connectivity index is 2.56. The van der Waals surface area contributed by atoms with Crippen LogP contribution in [0.25, 0.3) is 0 Å². The maximum atomic E-state index is 5.53. The summed E-state index contributed by atoms with van der Waals surface area (Å²) in [7, 11) is 1.93. The maximum Gasteiger partial charge on any atom is 0.0522 e. The van der Waals surface area contributed by atoms with Crippen LogP contribution in [-0.4, -0.2) is 15.8 Å². The zero-order chi connectivity index (χ0) is 10.6. The number of hydrogen-bond donors (Lipinski definition) is 2. The first-order chi connectivity index (χ1) is 6.67. The van der Waals surface area contributed by atoms with Crippen LogP contribution in [-0.2, 0) is 13.5 Å². The molecule has 0 aromatic carbocycles. The lowest BCUT2D eigenvalue weighted by Gasteiger charge is -2.21. The summed E-state index contributed by atoms with van der Waals surface area (Å²) >= 11 is 0. The molecule has 0 aliphatic carbocycles. The minimum Gasteiger partial charge on any atom is -0.276 e. The summed E-state index contributed by atoms with van der Waals surface area (Å²) in [6.07, 6.45) is 6.01. The molecule has 1 heterocycles. The highest BCUT2D eigenvalue weighted by Gasteiger charge is 2.15. The van der Waals surface area contributed by atoms with Gasteiger partial charge in [0.15, 0.2) is 0 Å². The van der Waals surface area contributed by atoms with Gasteiger partial charge in [0.2, 0.25) is 0 Å². The van der Waals surface area contributed by atoms with Crippen LogP contribution in [0.5, 0.6) is 0 Å². The zero-order valence-corrected chi connectivity index (χ0v) is 9.20. The average Bonchev–Trinajstić information content (AvgIpc) is 2.59. The standard InChI is InChI=1S/C10H20N4/c1-4-8(2)10(13-11)5-9-6-12-14(3)7-9/h6-8,10,13H,4-5,11H2,1-3H3. The van der Waals surface area contributed by atoms with Gasteiger partial charge in [-0.1, -0.05) is 20.3 Å². The molecule has 2 unspecified atom stereocenters. The molecule has 2 atom stereocenters. The second-order valence-corrected chi connectivity index (χ2v) is 3.89. The molecule has 0 aliphatic rings. The van der Waals surface area contributed by atoms with Crippen LogP contribution in [0.1, 0.15) is 25.8 Å². The molecule has 14 heavy (non-hydrogen) atoms. The van der Waals surface area contributed by atoms with Crippen LogP contribution in [0.2, 0.25) is 0 Å². The number of nitrogens with one attached hydrogen (secondary N) is 1. The third-order valence-electron chi connectivity index (χ3n) is 2.76. The largest absolute Gasteiger partial charge is 0.276 e. The second-order valence-electron chi connectivity index (χ2n) is 3.89. The molecule has 0 saturated heterocycles. The number of rotatable bonds is 5. The van der Waals surface area contributed by atoms with E-state index in [4.69, 9.17) is 5.84 Å². The quantitative estimate of drug-likeness (QED) is 0.542. The summed E-state index contributed by atoms with van der Waals surface area (Å²) in [4.78, 5) is 0. The van der Waals surface area contributed by atoms with Crippen molar-refractivity contribution in [1.82, 2.24) is 15.2 Å². The number of hydrogen-bond acceptors (Lipinski definition) is 3. The van der Waals surface area contributed by atoms with E-state index in [0.29, 0.717) is 12.0 Å². The lowest BCUT2D eigenvalue weighted by molar-refractivity contribution is 0.370. The van der Waals surface area contributed by atoms with Crippen LogP contribution >= 0.6 is 0 Å². The Bertz CT molecular complexity index is 269. The number of nitrogens with two attached hydrogens (primary N) is 1. The molecular weight excluding hydrogens is 176 g/mol. The molecule has 80 valence electrons. The van der Waals surface area contributed by atoms with Crippen LogP contribution in [0.15, 0.2) is 12.4 Å². The number of aryl methyl sites for hydroxylation is 1. The fourth-order valence-corrected chi connectivity index (χ4v) is 1.54. The third-order valence-corrected chi connectivity index (χ3v) is 2.76. The molecule has 4 heteroatoms. The lowest BCUT2D eigenvalue weighted by atomic mass is 9.95. The summed E-state index contributed by atoms with van der Waals surface area (Å²) in [5.74, 6) is 6.11. The van der Waals surface area contributed by atoms with E-state index in [0.717, 1.165) is 12.8 Å². The SMILES string of the molecule is CCC(C)C(Cc1cnn(C)c1)NN. The molecule has 0 aliphatic heterocycles. The predicted molar refractivity (Wildman–Crippen MR) is 57.5 cm³/mol. The highest BCUT2D eigenvalue weighted by molar-refractivity contribution is 5.06. The topological polar surface area (TPSA) is 55.9 Å². The van der Waals surface area contributed by atoms with Gasteiger partial charge in [-0.15, -0.1) is 0 Å². The molecule has 0 fully saturated rings. The minimum atomic E-state index is 0.337. The van der Waals surface area contributed by atoms with Crippen LogP contribution < -0.4 is 11.3 Å². The summed E-state index contributed by atoms with van der Waals surface area (Å²) in [5.41, 5.74) is 4.11. The molecule has 1 aromatic heterocycles. The van der Waals surface area contributed by atoms with Gasteiger partial charge >= 0.3 is 0 Å². The lowest BCUT2D eigenvalue weighted by Crippen LogP contribution is -2.41. The van der Waals surface area contributed by atoms with E-state index < -0.39 is 0 Å². The van der Waals surface area contributed by atoms with Crippen LogP contribution in [0.4, 0.5) is 0 Å². The molecule has 0 saturated carbocycles. The van der Waals surface area contributed by atoms with Gasteiger partial charge < -0.3 is 0 Å². The van der Waals surface area contributed by atoms with E-state index in [1.165, 1.54) is 5.56 Å². The van der Waals surface area contributed by atoms with Crippen molar-refractivity contribution in [2.45, 2.75) is 32.7 Å².